The van der Waals surface area contributed by atoms with E-state index in [1.807, 2.05) is 0 Å². The van der Waals surface area contributed by atoms with Crippen LogP contribution in [0, 0.1) is 5.82 Å². The highest BCUT2D eigenvalue weighted by atomic mass is 19.1. The van der Waals surface area contributed by atoms with Crippen molar-refractivity contribution in [3.8, 4) is 11.6 Å². The lowest BCUT2D eigenvalue weighted by Gasteiger charge is -2.09. The zero-order valence-corrected chi connectivity index (χ0v) is 13.3. The topological polar surface area (TPSA) is 94.0 Å². The third-order valence-corrected chi connectivity index (χ3v) is 3.33. The largest absolute Gasteiger partial charge is 0.481 e. The van der Waals surface area contributed by atoms with E-state index in [4.69, 9.17) is 4.74 Å². The van der Waals surface area contributed by atoms with Gasteiger partial charge in [0.25, 0.3) is 0 Å². The standard InChI is InChI=1S/C16H15FN6O2/c1-25-15-5-2-11(7-19-15)8-20-16(24)22-12-3-4-14(13(17)6-12)23-10-18-9-21-23/h2-7,9-10H,8H2,1H3,(H2,20,22,24). The first-order valence-corrected chi connectivity index (χ1v) is 7.34. The van der Waals surface area contributed by atoms with Gasteiger partial charge in [0.1, 0.15) is 18.3 Å². The Morgan fingerprint density at radius 3 is 2.84 bits per heavy atom. The number of carbonyl (C=O) groups excluding carboxylic acids is 1. The number of ether oxygens (including phenoxy) is 1. The average molecular weight is 342 g/mol. The maximum Gasteiger partial charge on any atom is 0.319 e. The van der Waals surface area contributed by atoms with E-state index in [2.05, 4.69) is 25.7 Å². The number of benzene rings is 1. The molecule has 0 radical (unpaired) electrons. The van der Waals surface area contributed by atoms with Crippen LogP contribution in [-0.2, 0) is 6.54 Å². The molecule has 3 aromatic rings. The lowest BCUT2D eigenvalue weighted by molar-refractivity contribution is 0.251. The van der Waals surface area contributed by atoms with E-state index < -0.39 is 11.8 Å². The van der Waals surface area contributed by atoms with Gasteiger partial charge in [0.05, 0.1) is 7.11 Å². The molecule has 8 nitrogen and oxygen atoms in total. The van der Waals surface area contributed by atoms with E-state index in [-0.39, 0.29) is 12.2 Å². The highest BCUT2D eigenvalue weighted by Crippen LogP contribution is 2.17. The van der Waals surface area contributed by atoms with Crippen LogP contribution < -0.4 is 15.4 Å². The Balaban J connectivity index is 1.58. The molecular weight excluding hydrogens is 327 g/mol. The maximum absolute atomic E-state index is 14.1. The Labute approximate surface area is 142 Å². The Morgan fingerprint density at radius 2 is 2.20 bits per heavy atom. The van der Waals surface area contributed by atoms with Crippen LogP contribution in [0.5, 0.6) is 5.88 Å². The molecule has 0 fully saturated rings. The number of rotatable bonds is 5. The molecule has 0 atom stereocenters. The van der Waals surface area contributed by atoms with Gasteiger partial charge in [-0.2, -0.15) is 5.10 Å². The van der Waals surface area contributed by atoms with Crippen LogP contribution in [0.1, 0.15) is 5.56 Å². The maximum atomic E-state index is 14.1. The normalized spacial score (nSPS) is 10.3. The first-order chi connectivity index (χ1) is 12.2. The molecule has 0 aliphatic heterocycles. The number of nitrogens with zero attached hydrogens (tertiary/aromatic N) is 4. The molecule has 9 heteroatoms. The number of methoxy groups -OCH3 is 1. The minimum absolute atomic E-state index is 0.243. The van der Waals surface area contributed by atoms with Crippen molar-refractivity contribution in [1.29, 1.82) is 0 Å². The Kier molecular flexibility index (Phi) is 4.84. The van der Waals surface area contributed by atoms with E-state index in [1.165, 1.54) is 36.6 Å². The number of pyridine rings is 1. The molecule has 0 unspecified atom stereocenters. The number of urea groups is 1. The fourth-order valence-electron chi connectivity index (χ4n) is 2.10. The molecule has 0 saturated heterocycles. The summed E-state index contributed by atoms with van der Waals surface area (Å²) in [6, 6.07) is 7.34. The fraction of sp³-hybridized carbons (Fsp3) is 0.125. The second kappa shape index (κ2) is 7.39. The van der Waals surface area contributed by atoms with Crippen molar-refractivity contribution in [3.63, 3.8) is 0 Å². The van der Waals surface area contributed by atoms with Crippen molar-refractivity contribution < 1.29 is 13.9 Å². The van der Waals surface area contributed by atoms with Crippen LogP contribution in [0.3, 0.4) is 0 Å². The van der Waals surface area contributed by atoms with Gasteiger partial charge in [0.15, 0.2) is 5.82 Å². The molecule has 0 aliphatic carbocycles. The van der Waals surface area contributed by atoms with Crippen molar-refractivity contribution in [2.45, 2.75) is 6.54 Å². The monoisotopic (exact) mass is 342 g/mol. The minimum atomic E-state index is -0.525. The third-order valence-electron chi connectivity index (χ3n) is 3.33. The summed E-state index contributed by atoms with van der Waals surface area (Å²) in [7, 11) is 1.53. The molecule has 0 bridgehead atoms. The van der Waals surface area contributed by atoms with Crippen LogP contribution in [0.15, 0.2) is 49.2 Å². The lowest BCUT2D eigenvalue weighted by Crippen LogP contribution is -2.28. The Bertz CT molecular complexity index is 852. The van der Waals surface area contributed by atoms with Crippen LogP contribution >= 0.6 is 0 Å². The quantitative estimate of drug-likeness (QED) is 0.741. The van der Waals surface area contributed by atoms with Gasteiger partial charge in [-0.25, -0.2) is 23.8 Å². The average Bonchev–Trinajstić information content (AvgIpc) is 3.15. The number of carbonyl (C=O) groups is 1. The SMILES string of the molecule is COc1ccc(CNC(=O)Nc2ccc(-n3cncn3)c(F)c2)cn1. The number of anilines is 1. The molecule has 2 N–H and O–H groups in total. The van der Waals surface area contributed by atoms with E-state index in [0.717, 1.165) is 5.56 Å². The zero-order valence-electron chi connectivity index (χ0n) is 13.3. The summed E-state index contributed by atoms with van der Waals surface area (Å²) in [4.78, 5) is 19.7. The smallest absolute Gasteiger partial charge is 0.319 e. The van der Waals surface area contributed by atoms with Crippen molar-refractivity contribution >= 4 is 11.7 Å². The van der Waals surface area contributed by atoms with Crippen LogP contribution in [-0.4, -0.2) is 32.9 Å². The van der Waals surface area contributed by atoms with E-state index >= 15 is 0 Å². The lowest BCUT2D eigenvalue weighted by atomic mass is 10.2. The Morgan fingerprint density at radius 1 is 1.32 bits per heavy atom. The second-order valence-corrected chi connectivity index (χ2v) is 5.02. The summed E-state index contributed by atoms with van der Waals surface area (Å²) in [5, 5.41) is 9.10. The van der Waals surface area contributed by atoms with Gasteiger partial charge < -0.3 is 15.4 Å². The van der Waals surface area contributed by atoms with Crippen molar-refractivity contribution in [1.82, 2.24) is 25.1 Å². The van der Waals surface area contributed by atoms with Gasteiger partial charge >= 0.3 is 6.03 Å². The highest BCUT2D eigenvalue weighted by molar-refractivity contribution is 5.89. The van der Waals surface area contributed by atoms with Crippen LogP contribution in [0.25, 0.3) is 5.69 Å². The van der Waals surface area contributed by atoms with Crippen LogP contribution in [0.4, 0.5) is 14.9 Å². The van der Waals surface area contributed by atoms with Crippen molar-refractivity contribution in [2.75, 3.05) is 12.4 Å². The number of nitrogens with one attached hydrogen (secondary N) is 2. The van der Waals surface area contributed by atoms with Gasteiger partial charge in [0.2, 0.25) is 5.88 Å². The van der Waals surface area contributed by atoms with Gasteiger partial charge in [0, 0.05) is 24.5 Å². The summed E-state index contributed by atoms with van der Waals surface area (Å²) < 4.78 is 20.4. The summed E-state index contributed by atoms with van der Waals surface area (Å²) in [5.74, 6) is -0.0289. The zero-order chi connectivity index (χ0) is 17.6. The predicted octanol–water partition coefficient (Wildman–Crippen LogP) is 2.13. The minimum Gasteiger partial charge on any atom is -0.481 e. The molecule has 1 aromatic carbocycles. The molecular formula is C16H15FN6O2. The molecule has 128 valence electrons. The first-order valence-electron chi connectivity index (χ1n) is 7.34. The summed E-state index contributed by atoms with van der Waals surface area (Å²) >= 11 is 0. The van der Waals surface area contributed by atoms with Gasteiger partial charge in [-0.05, 0) is 23.8 Å². The second-order valence-electron chi connectivity index (χ2n) is 5.02. The molecule has 2 aromatic heterocycles. The number of hydrogen-bond donors (Lipinski definition) is 2. The van der Waals surface area contributed by atoms with Gasteiger partial charge in [-0.3, -0.25) is 0 Å². The summed E-state index contributed by atoms with van der Waals surface area (Å²) in [5.41, 5.74) is 1.38. The molecule has 0 saturated carbocycles. The predicted molar refractivity (Wildman–Crippen MR) is 88.0 cm³/mol. The first kappa shape index (κ1) is 16.4. The summed E-state index contributed by atoms with van der Waals surface area (Å²) in [6.45, 7) is 0.280. The third kappa shape index (κ3) is 4.08. The van der Waals surface area contributed by atoms with Crippen molar-refractivity contribution in [2.24, 2.45) is 0 Å². The van der Waals surface area contributed by atoms with E-state index in [9.17, 15) is 9.18 Å². The van der Waals surface area contributed by atoms with Crippen molar-refractivity contribution in [3.05, 3.63) is 60.6 Å². The van der Waals surface area contributed by atoms with E-state index in [1.54, 1.807) is 24.4 Å². The molecule has 25 heavy (non-hydrogen) atoms. The van der Waals surface area contributed by atoms with Crippen LogP contribution in [0.2, 0.25) is 0 Å². The molecule has 3 rings (SSSR count). The Hall–Kier alpha value is -3.49. The number of amides is 2. The number of hydrogen-bond acceptors (Lipinski definition) is 5. The van der Waals surface area contributed by atoms with Gasteiger partial charge in [-0.1, -0.05) is 6.07 Å². The molecule has 2 amide bonds. The highest BCUT2D eigenvalue weighted by Gasteiger charge is 2.08. The van der Waals surface area contributed by atoms with E-state index in [0.29, 0.717) is 11.6 Å². The number of aromatic nitrogens is 4. The summed E-state index contributed by atoms with van der Waals surface area (Å²) in [6.07, 6.45) is 4.31. The molecule has 0 spiro atoms. The fourth-order valence-corrected chi connectivity index (χ4v) is 2.10. The number of halogens is 1. The molecule has 0 aliphatic rings. The van der Waals surface area contributed by atoms with Gasteiger partial charge in [-0.15, -0.1) is 0 Å². The molecule has 2 heterocycles.